The van der Waals surface area contributed by atoms with Crippen molar-refractivity contribution in [2.75, 3.05) is 6.61 Å². The van der Waals surface area contributed by atoms with Gasteiger partial charge in [-0.1, -0.05) is 13.0 Å². The molecule has 0 spiro atoms. The predicted molar refractivity (Wildman–Crippen MR) is 106 cm³/mol. The number of carbonyl (C=O) groups is 1. The summed E-state index contributed by atoms with van der Waals surface area (Å²) in [5.74, 6) is -0.0543. The molecule has 1 aliphatic rings. The van der Waals surface area contributed by atoms with Crippen molar-refractivity contribution in [2.24, 2.45) is 5.92 Å². The first-order valence-corrected chi connectivity index (χ1v) is 9.40. The lowest BCUT2D eigenvalue weighted by atomic mass is 9.81. The zero-order valence-corrected chi connectivity index (χ0v) is 17.0. The van der Waals surface area contributed by atoms with Crippen molar-refractivity contribution in [3.8, 4) is 6.07 Å². The summed E-state index contributed by atoms with van der Waals surface area (Å²) in [5.41, 5.74) is 0.430. The number of pyridine rings is 1. The smallest absolute Gasteiger partial charge is 0.408 e. The maximum Gasteiger partial charge on any atom is 0.408 e. The lowest BCUT2D eigenvalue weighted by Crippen LogP contribution is -2.49. The number of nitrogens with one attached hydrogen (secondary N) is 1. The molecule has 156 valence electrons. The highest BCUT2D eigenvalue weighted by Crippen LogP contribution is 2.36. The van der Waals surface area contributed by atoms with Gasteiger partial charge in [0, 0.05) is 6.20 Å². The molecular weight excluding hydrogens is 376 g/mol. The molecule has 0 aromatic carbocycles. The zero-order chi connectivity index (χ0) is 21.6. The van der Waals surface area contributed by atoms with Gasteiger partial charge in [-0.05, 0) is 44.7 Å². The van der Waals surface area contributed by atoms with E-state index in [9.17, 15) is 14.9 Å². The molecule has 3 atom stereocenters. The number of hydrogen-bond acceptors (Lipinski definition) is 7. The van der Waals surface area contributed by atoms with E-state index in [2.05, 4.69) is 10.3 Å². The van der Waals surface area contributed by atoms with E-state index in [4.69, 9.17) is 14.7 Å². The Hall–Kier alpha value is -2.99. The Kier molecular flexibility index (Phi) is 7.29. The van der Waals surface area contributed by atoms with E-state index < -0.39 is 22.7 Å². The molecular formula is C20H26N4O5. The van der Waals surface area contributed by atoms with Crippen LogP contribution in [0.25, 0.3) is 5.57 Å². The molecule has 0 bridgehead atoms. The van der Waals surface area contributed by atoms with Crippen LogP contribution in [0, 0.1) is 27.4 Å². The van der Waals surface area contributed by atoms with E-state index in [1.165, 1.54) is 12.4 Å². The Bertz CT molecular complexity index is 825. The Balaban J connectivity index is 2.35. The van der Waals surface area contributed by atoms with E-state index in [0.717, 1.165) is 5.57 Å². The molecule has 9 nitrogen and oxygen atoms in total. The van der Waals surface area contributed by atoms with Crippen molar-refractivity contribution in [3.63, 3.8) is 0 Å². The molecule has 9 heteroatoms. The quantitative estimate of drug-likeness (QED) is 0.437. The largest absolute Gasteiger partial charge is 0.444 e. The molecule has 1 heterocycles. The number of nitro groups is 1. The zero-order valence-electron chi connectivity index (χ0n) is 17.0. The second kappa shape index (κ2) is 9.47. The second-order valence-electron chi connectivity index (χ2n) is 7.94. The molecule has 1 aromatic rings. The van der Waals surface area contributed by atoms with Gasteiger partial charge < -0.3 is 14.8 Å². The minimum atomic E-state index is -0.669. The van der Waals surface area contributed by atoms with E-state index in [0.29, 0.717) is 12.0 Å². The van der Waals surface area contributed by atoms with E-state index in [1.807, 2.05) is 13.0 Å². The Labute approximate surface area is 169 Å². The molecule has 0 fully saturated rings. The van der Waals surface area contributed by atoms with Gasteiger partial charge in [-0.3, -0.25) is 15.1 Å². The molecule has 1 aromatic heterocycles. The van der Waals surface area contributed by atoms with E-state index >= 15 is 0 Å². The molecule has 0 radical (unpaired) electrons. The number of allylic oxidation sites excluding steroid dienone is 1. The van der Waals surface area contributed by atoms with Gasteiger partial charge in [-0.2, -0.15) is 5.26 Å². The Morgan fingerprint density at radius 2 is 2.21 bits per heavy atom. The van der Waals surface area contributed by atoms with Crippen molar-refractivity contribution >= 4 is 17.4 Å². The molecule has 0 aliphatic heterocycles. The van der Waals surface area contributed by atoms with Crippen LogP contribution in [0.2, 0.25) is 0 Å². The monoisotopic (exact) mass is 402 g/mol. The summed E-state index contributed by atoms with van der Waals surface area (Å²) in [6.45, 7) is 7.47. The Morgan fingerprint density at radius 3 is 2.83 bits per heavy atom. The highest BCUT2D eigenvalue weighted by molar-refractivity contribution is 5.75. The number of amides is 1. The summed E-state index contributed by atoms with van der Waals surface area (Å²) in [6, 6.07) is 3.06. The minimum Gasteiger partial charge on any atom is -0.444 e. The summed E-state index contributed by atoms with van der Waals surface area (Å²) >= 11 is 0. The van der Waals surface area contributed by atoms with E-state index in [-0.39, 0.29) is 30.7 Å². The summed E-state index contributed by atoms with van der Waals surface area (Å²) in [7, 11) is 0. The third-order valence-electron chi connectivity index (χ3n) is 4.39. The number of ether oxygens (including phenoxy) is 2. The van der Waals surface area contributed by atoms with Crippen molar-refractivity contribution in [2.45, 2.75) is 58.3 Å². The van der Waals surface area contributed by atoms with Crippen molar-refractivity contribution in [1.82, 2.24) is 10.3 Å². The fraction of sp³-hybridized carbons (Fsp3) is 0.550. The number of rotatable bonds is 6. The second-order valence-corrected chi connectivity index (χ2v) is 7.94. The molecule has 0 saturated heterocycles. The number of nitrogens with zero attached hydrogens (tertiary/aromatic N) is 3. The third kappa shape index (κ3) is 6.26. The highest BCUT2D eigenvalue weighted by atomic mass is 16.6. The molecule has 2 rings (SSSR count). The van der Waals surface area contributed by atoms with Gasteiger partial charge in [0.2, 0.25) is 0 Å². The molecule has 0 saturated carbocycles. The lowest BCUT2D eigenvalue weighted by molar-refractivity contribution is -0.385. The average molecular weight is 402 g/mol. The molecule has 1 amide bonds. The predicted octanol–water partition coefficient (Wildman–Crippen LogP) is 3.61. The number of aromatic nitrogens is 1. The van der Waals surface area contributed by atoms with Gasteiger partial charge in [-0.15, -0.1) is 0 Å². The SMILES string of the molecule is C[C@H]1CC(c2ccncc2[N+](=O)[O-])=C[C@@H](NC(=O)OC(C)(C)C)[C@H]1OCCC#N. The van der Waals surface area contributed by atoms with Crippen LogP contribution >= 0.6 is 0 Å². The summed E-state index contributed by atoms with van der Waals surface area (Å²) < 4.78 is 11.2. The van der Waals surface area contributed by atoms with Gasteiger partial charge in [0.1, 0.15) is 11.8 Å². The first kappa shape index (κ1) is 22.3. The fourth-order valence-electron chi connectivity index (χ4n) is 3.28. The van der Waals surface area contributed by atoms with Crippen molar-refractivity contribution in [1.29, 1.82) is 5.26 Å². The van der Waals surface area contributed by atoms with Gasteiger partial charge in [0.15, 0.2) is 0 Å². The van der Waals surface area contributed by atoms with Gasteiger partial charge >= 0.3 is 6.09 Å². The van der Waals surface area contributed by atoms with Crippen LogP contribution in [-0.4, -0.2) is 40.4 Å². The number of alkyl carbamates (subject to hydrolysis) is 1. The molecule has 1 aliphatic carbocycles. The number of hydrogen-bond donors (Lipinski definition) is 1. The summed E-state index contributed by atoms with van der Waals surface area (Å²) in [6.07, 6.45) is 4.24. The van der Waals surface area contributed by atoms with Crippen LogP contribution in [0.15, 0.2) is 24.5 Å². The van der Waals surface area contributed by atoms with Crippen LogP contribution in [0.1, 0.15) is 46.1 Å². The maximum atomic E-state index is 12.3. The first-order valence-electron chi connectivity index (χ1n) is 9.40. The van der Waals surface area contributed by atoms with Gasteiger partial charge in [0.05, 0.1) is 41.7 Å². The molecule has 29 heavy (non-hydrogen) atoms. The fourth-order valence-corrected chi connectivity index (χ4v) is 3.28. The first-order chi connectivity index (χ1) is 13.6. The van der Waals surface area contributed by atoms with Crippen molar-refractivity contribution in [3.05, 3.63) is 40.2 Å². The Morgan fingerprint density at radius 1 is 1.48 bits per heavy atom. The number of nitriles is 1. The third-order valence-corrected chi connectivity index (χ3v) is 4.39. The number of carbonyl (C=O) groups excluding carboxylic acids is 1. The maximum absolute atomic E-state index is 12.3. The van der Waals surface area contributed by atoms with Crippen LogP contribution in [0.5, 0.6) is 0 Å². The molecule has 0 unspecified atom stereocenters. The van der Waals surface area contributed by atoms with Crippen molar-refractivity contribution < 1.29 is 19.2 Å². The highest BCUT2D eigenvalue weighted by Gasteiger charge is 2.35. The lowest BCUT2D eigenvalue weighted by Gasteiger charge is -2.36. The van der Waals surface area contributed by atoms with Crippen LogP contribution < -0.4 is 5.32 Å². The van der Waals surface area contributed by atoms with Crippen LogP contribution in [-0.2, 0) is 9.47 Å². The van der Waals surface area contributed by atoms with Crippen LogP contribution in [0.3, 0.4) is 0 Å². The van der Waals surface area contributed by atoms with Gasteiger partial charge in [-0.25, -0.2) is 4.79 Å². The van der Waals surface area contributed by atoms with Gasteiger partial charge in [0.25, 0.3) is 5.69 Å². The standard InChI is InChI=1S/C20H26N4O5/c1-13-10-14(15-6-8-22-12-17(15)24(26)27)11-16(18(13)28-9-5-7-21)23-19(25)29-20(2,3)4/h6,8,11-13,16,18H,5,9-10H2,1-4H3,(H,23,25)/t13-,16+,18-/m0/s1. The topological polar surface area (TPSA) is 127 Å². The van der Waals surface area contributed by atoms with E-state index in [1.54, 1.807) is 32.9 Å². The minimum absolute atomic E-state index is 0.0543. The summed E-state index contributed by atoms with van der Waals surface area (Å²) in [5, 5.41) is 23.0. The average Bonchev–Trinajstić information content (AvgIpc) is 2.62. The van der Waals surface area contributed by atoms with Crippen LogP contribution in [0.4, 0.5) is 10.5 Å². The normalized spacial score (nSPS) is 21.6. The molecule has 1 N–H and O–H groups in total. The summed E-state index contributed by atoms with van der Waals surface area (Å²) in [4.78, 5) is 27.1.